The highest BCUT2D eigenvalue weighted by Crippen LogP contribution is 2.33. The predicted molar refractivity (Wildman–Crippen MR) is 87.4 cm³/mol. The highest BCUT2D eigenvalue weighted by molar-refractivity contribution is 5.91. The summed E-state index contributed by atoms with van der Waals surface area (Å²) in [5.41, 5.74) is 9.15. The van der Waals surface area contributed by atoms with Gasteiger partial charge in [-0.25, -0.2) is 14.3 Å². The van der Waals surface area contributed by atoms with Crippen molar-refractivity contribution in [3.63, 3.8) is 0 Å². The Labute approximate surface area is 128 Å². The van der Waals surface area contributed by atoms with Crippen molar-refractivity contribution < 1.29 is 4.79 Å². The number of anilines is 1. The van der Waals surface area contributed by atoms with Gasteiger partial charge in [-0.2, -0.15) is 0 Å². The largest absolute Gasteiger partial charge is 0.369 e. The normalized spacial score (nSPS) is 10.4. The molecular formula is C17H16N4O. The number of benzene rings is 2. The minimum Gasteiger partial charge on any atom is -0.369 e. The molecule has 5 nitrogen and oxygen atoms in total. The lowest BCUT2D eigenvalue weighted by atomic mass is 10.0. The van der Waals surface area contributed by atoms with Crippen LogP contribution in [0, 0.1) is 0 Å². The van der Waals surface area contributed by atoms with Gasteiger partial charge in [0.1, 0.15) is 0 Å². The van der Waals surface area contributed by atoms with E-state index >= 15 is 0 Å². The predicted octanol–water partition coefficient (Wildman–Crippen LogP) is 2.99. The van der Waals surface area contributed by atoms with Gasteiger partial charge in [0.25, 0.3) is 0 Å². The van der Waals surface area contributed by atoms with Crippen molar-refractivity contribution in [3.8, 4) is 22.5 Å². The molecule has 0 fully saturated rings. The second kappa shape index (κ2) is 5.73. The van der Waals surface area contributed by atoms with E-state index in [1.165, 1.54) is 4.57 Å². The number of nitrogens with two attached hydrogens (primary N) is 1. The van der Waals surface area contributed by atoms with Crippen molar-refractivity contribution in [2.24, 2.45) is 0 Å². The van der Waals surface area contributed by atoms with E-state index in [9.17, 15) is 4.79 Å². The zero-order chi connectivity index (χ0) is 15.5. The maximum absolute atomic E-state index is 12.2. The minimum atomic E-state index is -0.314. The molecule has 2 aromatic carbocycles. The monoisotopic (exact) mass is 292 g/mol. The van der Waals surface area contributed by atoms with Crippen LogP contribution in [0.1, 0.15) is 0 Å². The number of hydrogen-bond donors (Lipinski definition) is 2. The molecule has 0 unspecified atom stereocenters. The van der Waals surface area contributed by atoms with E-state index in [0.29, 0.717) is 11.4 Å². The van der Waals surface area contributed by atoms with E-state index in [0.717, 1.165) is 11.1 Å². The molecule has 1 amide bonds. The van der Waals surface area contributed by atoms with Gasteiger partial charge >= 0.3 is 6.03 Å². The van der Waals surface area contributed by atoms with Gasteiger partial charge in [0.05, 0.1) is 11.4 Å². The first kappa shape index (κ1) is 13.9. The molecule has 3 rings (SSSR count). The van der Waals surface area contributed by atoms with E-state index in [-0.39, 0.29) is 12.0 Å². The summed E-state index contributed by atoms with van der Waals surface area (Å²) in [6.07, 6.45) is 0. The van der Waals surface area contributed by atoms with Crippen LogP contribution in [-0.4, -0.2) is 22.6 Å². The van der Waals surface area contributed by atoms with Crippen LogP contribution in [0.3, 0.4) is 0 Å². The van der Waals surface area contributed by atoms with Crippen molar-refractivity contribution >= 4 is 12.0 Å². The Kier molecular flexibility index (Phi) is 3.62. The average Bonchev–Trinajstić information content (AvgIpc) is 2.93. The summed E-state index contributed by atoms with van der Waals surface area (Å²) in [4.78, 5) is 16.6. The summed E-state index contributed by atoms with van der Waals surface area (Å²) in [6, 6.07) is 19.0. The van der Waals surface area contributed by atoms with Gasteiger partial charge in [-0.1, -0.05) is 60.7 Å². The van der Waals surface area contributed by atoms with Gasteiger partial charge in [0.15, 0.2) is 0 Å². The van der Waals surface area contributed by atoms with Crippen molar-refractivity contribution in [2.45, 2.75) is 0 Å². The molecular weight excluding hydrogens is 276 g/mol. The van der Waals surface area contributed by atoms with E-state index in [1.54, 1.807) is 7.05 Å². The summed E-state index contributed by atoms with van der Waals surface area (Å²) in [7, 11) is 1.57. The van der Waals surface area contributed by atoms with Gasteiger partial charge in [0, 0.05) is 18.2 Å². The third-order valence-corrected chi connectivity index (χ3v) is 3.41. The van der Waals surface area contributed by atoms with Crippen LogP contribution < -0.4 is 11.1 Å². The number of nitrogens with one attached hydrogen (secondary N) is 1. The molecule has 1 heterocycles. The lowest BCUT2D eigenvalue weighted by Crippen LogP contribution is -2.26. The first-order chi connectivity index (χ1) is 10.7. The standard InChI is InChI=1S/C17H16N4O/c1-19-17(22)21-15(13-10-6-3-7-11-13)14(20-16(21)18)12-8-4-2-5-9-12/h2-11H,1H3,(H2,18,20)(H,19,22). The molecule has 0 radical (unpaired) electrons. The molecule has 0 saturated heterocycles. The van der Waals surface area contributed by atoms with Crippen LogP contribution in [0.15, 0.2) is 60.7 Å². The Bertz CT molecular complexity index is 794. The smallest absolute Gasteiger partial charge is 0.328 e. The third kappa shape index (κ3) is 2.33. The molecule has 3 N–H and O–H groups in total. The van der Waals surface area contributed by atoms with Crippen LogP contribution in [0.2, 0.25) is 0 Å². The van der Waals surface area contributed by atoms with E-state index in [2.05, 4.69) is 10.3 Å². The number of carbonyl (C=O) groups excluding carboxylic acids is 1. The third-order valence-electron chi connectivity index (χ3n) is 3.41. The van der Waals surface area contributed by atoms with Crippen molar-refractivity contribution in [2.75, 3.05) is 12.8 Å². The van der Waals surface area contributed by atoms with Gasteiger partial charge < -0.3 is 11.1 Å². The molecule has 0 aliphatic heterocycles. The summed E-state index contributed by atoms with van der Waals surface area (Å²) in [6.45, 7) is 0. The van der Waals surface area contributed by atoms with Crippen molar-refractivity contribution in [1.82, 2.24) is 14.9 Å². The molecule has 1 aromatic heterocycles. The van der Waals surface area contributed by atoms with E-state index in [4.69, 9.17) is 5.73 Å². The second-order valence-corrected chi connectivity index (χ2v) is 4.79. The Morgan fingerprint density at radius 3 is 2.09 bits per heavy atom. The molecule has 0 bridgehead atoms. The highest BCUT2D eigenvalue weighted by Gasteiger charge is 2.21. The van der Waals surface area contributed by atoms with Crippen molar-refractivity contribution in [1.29, 1.82) is 0 Å². The Balaban J connectivity index is 2.30. The molecule has 110 valence electrons. The summed E-state index contributed by atoms with van der Waals surface area (Å²) >= 11 is 0. The minimum absolute atomic E-state index is 0.164. The fraction of sp³-hybridized carbons (Fsp3) is 0.0588. The number of imidazole rings is 1. The van der Waals surface area contributed by atoms with Gasteiger partial charge in [-0.3, -0.25) is 0 Å². The molecule has 0 saturated carbocycles. The molecule has 5 heteroatoms. The van der Waals surface area contributed by atoms with E-state index in [1.807, 2.05) is 60.7 Å². The second-order valence-electron chi connectivity index (χ2n) is 4.79. The Hall–Kier alpha value is -3.08. The lowest BCUT2D eigenvalue weighted by molar-refractivity contribution is 0.245. The van der Waals surface area contributed by atoms with Crippen LogP contribution in [0.25, 0.3) is 22.5 Å². The zero-order valence-corrected chi connectivity index (χ0v) is 12.2. The van der Waals surface area contributed by atoms with E-state index < -0.39 is 0 Å². The fourth-order valence-corrected chi connectivity index (χ4v) is 2.41. The van der Waals surface area contributed by atoms with Crippen LogP contribution in [0.4, 0.5) is 10.7 Å². The average molecular weight is 292 g/mol. The quantitative estimate of drug-likeness (QED) is 0.762. The number of amides is 1. The maximum atomic E-state index is 12.2. The zero-order valence-electron chi connectivity index (χ0n) is 12.2. The van der Waals surface area contributed by atoms with Crippen LogP contribution in [0.5, 0.6) is 0 Å². The first-order valence-corrected chi connectivity index (χ1v) is 6.93. The van der Waals surface area contributed by atoms with Gasteiger partial charge in [0.2, 0.25) is 5.95 Å². The van der Waals surface area contributed by atoms with Crippen LogP contribution in [-0.2, 0) is 0 Å². The Morgan fingerprint density at radius 2 is 1.55 bits per heavy atom. The van der Waals surface area contributed by atoms with Crippen LogP contribution >= 0.6 is 0 Å². The highest BCUT2D eigenvalue weighted by atomic mass is 16.2. The fourth-order valence-electron chi connectivity index (χ4n) is 2.41. The maximum Gasteiger partial charge on any atom is 0.328 e. The molecule has 0 aliphatic rings. The molecule has 3 aromatic rings. The number of carbonyl (C=O) groups is 1. The van der Waals surface area contributed by atoms with Crippen molar-refractivity contribution in [3.05, 3.63) is 60.7 Å². The summed E-state index contributed by atoms with van der Waals surface area (Å²) in [5, 5.41) is 2.60. The lowest BCUT2D eigenvalue weighted by Gasteiger charge is -2.09. The molecule has 0 spiro atoms. The summed E-state index contributed by atoms with van der Waals surface area (Å²) < 4.78 is 1.40. The number of hydrogen-bond acceptors (Lipinski definition) is 3. The van der Waals surface area contributed by atoms with Gasteiger partial charge in [-0.05, 0) is 0 Å². The Morgan fingerprint density at radius 1 is 1.00 bits per heavy atom. The first-order valence-electron chi connectivity index (χ1n) is 6.93. The molecule has 0 atom stereocenters. The number of rotatable bonds is 2. The SMILES string of the molecule is CNC(=O)n1c(N)nc(-c2ccccc2)c1-c1ccccc1. The summed E-state index contributed by atoms with van der Waals surface area (Å²) in [5.74, 6) is 0.164. The molecule has 0 aliphatic carbocycles. The molecule has 22 heavy (non-hydrogen) atoms. The number of nitrogens with zero attached hydrogens (tertiary/aromatic N) is 2. The van der Waals surface area contributed by atoms with Gasteiger partial charge in [-0.15, -0.1) is 0 Å². The number of aromatic nitrogens is 2. The topological polar surface area (TPSA) is 72.9 Å². The number of nitrogen functional groups attached to an aromatic ring is 1.